The van der Waals surface area contributed by atoms with Crippen LogP contribution in [0.1, 0.15) is 53.0 Å². The van der Waals surface area contributed by atoms with Gasteiger partial charge in [0.25, 0.3) is 5.91 Å². The summed E-state index contributed by atoms with van der Waals surface area (Å²) in [6.45, 7) is 5.75. The Labute approximate surface area is 165 Å². The zero-order valence-corrected chi connectivity index (χ0v) is 16.2. The lowest BCUT2D eigenvalue weighted by atomic mass is 10.1. The molecule has 3 aromatic rings. The van der Waals surface area contributed by atoms with Gasteiger partial charge in [0.05, 0.1) is 6.54 Å². The standard InChI is InChI=1S/C23H24N2O3/c1-16(2)22-24-20-14-25(13-12-21(20)28-22)23(26)18-10-8-17(9-11-18)15-27-19-6-4-3-5-7-19/h3-11,16H,12-15H2,1-2H3. The topological polar surface area (TPSA) is 55.6 Å². The maximum atomic E-state index is 12.9. The van der Waals surface area contributed by atoms with Crippen molar-refractivity contribution in [3.63, 3.8) is 0 Å². The number of oxazole rings is 1. The maximum Gasteiger partial charge on any atom is 0.254 e. The van der Waals surface area contributed by atoms with Crippen LogP contribution in [0, 0.1) is 0 Å². The van der Waals surface area contributed by atoms with Crippen LogP contribution < -0.4 is 4.74 Å². The van der Waals surface area contributed by atoms with Crippen molar-refractivity contribution in [3.05, 3.63) is 83.1 Å². The Bertz CT molecular complexity index is 946. The fraction of sp³-hybridized carbons (Fsp3) is 0.304. The molecule has 0 saturated heterocycles. The second-order valence-corrected chi connectivity index (χ2v) is 7.35. The molecular weight excluding hydrogens is 352 g/mol. The van der Waals surface area contributed by atoms with Crippen molar-refractivity contribution in [2.75, 3.05) is 6.54 Å². The van der Waals surface area contributed by atoms with Gasteiger partial charge in [-0.1, -0.05) is 44.2 Å². The molecule has 1 aliphatic rings. The molecule has 5 heteroatoms. The average molecular weight is 376 g/mol. The first-order valence-electron chi connectivity index (χ1n) is 9.64. The number of carbonyl (C=O) groups excluding carboxylic acids is 1. The summed E-state index contributed by atoms with van der Waals surface area (Å²) in [5.41, 5.74) is 2.59. The molecule has 0 unspecified atom stereocenters. The van der Waals surface area contributed by atoms with Crippen molar-refractivity contribution in [2.45, 2.75) is 39.3 Å². The number of fused-ring (bicyclic) bond motifs is 1. The lowest BCUT2D eigenvalue weighted by Gasteiger charge is -2.25. The van der Waals surface area contributed by atoms with Crippen molar-refractivity contribution >= 4 is 5.91 Å². The molecular formula is C23H24N2O3. The molecule has 0 spiro atoms. The Balaban J connectivity index is 1.39. The van der Waals surface area contributed by atoms with E-state index in [0.29, 0.717) is 31.7 Å². The van der Waals surface area contributed by atoms with Crippen LogP contribution in [0.15, 0.2) is 59.0 Å². The molecule has 2 aromatic carbocycles. The molecule has 0 atom stereocenters. The first-order chi connectivity index (χ1) is 13.6. The number of para-hydroxylation sites is 1. The van der Waals surface area contributed by atoms with Gasteiger partial charge in [-0.2, -0.15) is 0 Å². The Hall–Kier alpha value is -3.08. The van der Waals surface area contributed by atoms with Crippen LogP contribution in [0.4, 0.5) is 0 Å². The third kappa shape index (κ3) is 3.93. The van der Waals surface area contributed by atoms with E-state index in [1.54, 1.807) is 0 Å². The number of ether oxygens (including phenoxy) is 1. The molecule has 0 radical (unpaired) electrons. The van der Waals surface area contributed by atoms with Gasteiger partial charge in [-0.15, -0.1) is 0 Å². The number of benzene rings is 2. The van der Waals surface area contributed by atoms with Crippen LogP contribution >= 0.6 is 0 Å². The van der Waals surface area contributed by atoms with E-state index in [2.05, 4.69) is 18.8 Å². The fourth-order valence-electron chi connectivity index (χ4n) is 3.25. The molecule has 0 fully saturated rings. The van der Waals surface area contributed by atoms with Crippen molar-refractivity contribution in [2.24, 2.45) is 0 Å². The minimum atomic E-state index is 0.0234. The summed E-state index contributed by atoms with van der Waals surface area (Å²) in [6.07, 6.45) is 0.712. The SMILES string of the molecule is CC(C)c1nc2c(o1)CCN(C(=O)c1ccc(COc3ccccc3)cc1)C2. The summed E-state index contributed by atoms with van der Waals surface area (Å²) >= 11 is 0. The highest BCUT2D eigenvalue weighted by Gasteiger charge is 2.26. The van der Waals surface area contributed by atoms with Crippen molar-refractivity contribution in [1.82, 2.24) is 9.88 Å². The molecule has 28 heavy (non-hydrogen) atoms. The Kier molecular flexibility index (Phi) is 5.15. The molecule has 1 amide bonds. The van der Waals surface area contributed by atoms with Crippen molar-refractivity contribution in [1.29, 1.82) is 0 Å². The molecule has 5 nitrogen and oxygen atoms in total. The van der Waals surface area contributed by atoms with Gasteiger partial charge in [0.1, 0.15) is 23.8 Å². The number of rotatable bonds is 5. The van der Waals surface area contributed by atoms with Crippen LogP contribution in [-0.4, -0.2) is 22.3 Å². The van der Waals surface area contributed by atoms with Gasteiger partial charge in [-0.3, -0.25) is 4.79 Å². The van der Waals surface area contributed by atoms with Crippen LogP contribution in [0.3, 0.4) is 0 Å². The summed E-state index contributed by atoms with van der Waals surface area (Å²) in [6, 6.07) is 17.3. The van der Waals surface area contributed by atoms with E-state index in [4.69, 9.17) is 9.15 Å². The van der Waals surface area contributed by atoms with E-state index in [1.165, 1.54) is 0 Å². The number of hydrogen-bond acceptors (Lipinski definition) is 4. The minimum Gasteiger partial charge on any atom is -0.489 e. The first-order valence-corrected chi connectivity index (χ1v) is 9.64. The molecule has 4 rings (SSSR count). The van der Waals surface area contributed by atoms with E-state index < -0.39 is 0 Å². The summed E-state index contributed by atoms with van der Waals surface area (Å²) in [4.78, 5) is 19.3. The predicted molar refractivity (Wildman–Crippen MR) is 106 cm³/mol. The molecule has 2 heterocycles. The quantitative estimate of drug-likeness (QED) is 0.654. The Morgan fingerprint density at radius 1 is 1.14 bits per heavy atom. The first kappa shape index (κ1) is 18.3. The third-order valence-electron chi connectivity index (χ3n) is 4.87. The highest BCUT2D eigenvalue weighted by atomic mass is 16.5. The van der Waals surface area contributed by atoms with E-state index in [1.807, 2.05) is 59.5 Å². The molecule has 1 aliphatic heterocycles. The fourth-order valence-corrected chi connectivity index (χ4v) is 3.25. The highest BCUT2D eigenvalue weighted by Crippen LogP contribution is 2.24. The Morgan fingerprint density at radius 3 is 2.61 bits per heavy atom. The van der Waals surface area contributed by atoms with Gasteiger partial charge in [0.15, 0.2) is 5.89 Å². The summed E-state index contributed by atoms with van der Waals surface area (Å²) < 4.78 is 11.6. The number of nitrogens with zero attached hydrogens (tertiary/aromatic N) is 2. The van der Waals surface area contributed by atoms with E-state index in [9.17, 15) is 4.79 Å². The second-order valence-electron chi connectivity index (χ2n) is 7.35. The van der Waals surface area contributed by atoms with Crippen LogP contribution in [0.2, 0.25) is 0 Å². The van der Waals surface area contributed by atoms with Gasteiger partial charge in [0.2, 0.25) is 0 Å². The molecule has 0 N–H and O–H groups in total. The van der Waals surface area contributed by atoms with Gasteiger partial charge in [0, 0.05) is 24.4 Å². The molecule has 1 aromatic heterocycles. The molecule has 144 valence electrons. The maximum absolute atomic E-state index is 12.9. The van der Waals surface area contributed by atoms with Crippen LogP contribution in [0.5, 0.6) is 5.75 Å². The van der Waals surface area contributed by atoms with Crippen LogP contribution in [0.25, 0.3) is 0 Å². The van der Waals surface area contributed by atoms with Gasteiger partial charge in [-0.25, -0.2) is 4.98 Å². The van der Waals surface area contributed by atoms with Gasteiger partial charge >= 0.3 is 0 Å². The summed E-state index contributed by atoms with van der Waals surface area (Å²) in [5, 5.41) is 0. The molecule has 0 saturated carbocycles. The highest BCUT2D eigenvalue weighted by molar-refractivity contribution is 5.94. The molecule has 0 aliphatic carbocycles. The zero-order chi connectivity index (χ0) is 19.5. The predicted octanol–water partition coefficient (Wildman–Crippen LogP) is 4.58. The van der Waals surface area contributed by atoms with Crippen LogP contribution in [-0.2, 0) is 19.6 Å². The number of amides is 1. The number of hydrogen-bond donors (Lipinski definition) is 0. The normalized spacial score (nSPS) is 13.5. The smallest absolute Gasteiger partial charge is 0.254 e. The van der Waals surface area contributed by atoms with Crippen molar-refractivity contribution in [3.8, 4) is 5.75 Å². The summed E-state index contributed by atoms with van der Waals surface area (Å²) in [7, 11) is 0. The van der Waals surface area contributed by atoms with Crippen molar-refractivity contribution < 1.29 is 13.9 Å². The Morgan fingerprint density at radius 2 is 1.89 bits per heavy atom. The lowest BCUT2D eigenvalue weighted by Crippen LogP contribution is -2.35. The van der Waals surface area contributed by atoms with Gasteiger partial charge in [-0.05, 0) is 29.8 Å². The van der Waals surface area contributed by atoms with E-state index in [0.717, 1.165) is 28.7 Å². The monoisotopic (exact) mass is 376 g/mol. The lowest BCUT2D eigenvalue weighted by molar-refractivity contribution is 0.0728. The largest absolute Gasteiger partial charge is 0.489 e. The number of carbonyl (C=O) groups is 1. The van der Waals surface area contributed by atoms with E-state index >= 15 is 0 Å². The zero-order valence-electron chi connectivity index (χ0n) is 16.2. The third-order valence-corrected chi connectivity index (χ3v) is 4.87. The van der Waals surface area contributed by atoms with Gasteiger partial charge < -0.3 is 14.1 Å². The average Bonchev–Trinajstić information content (AvgIpc) is 3.17. The minimum absolute atomic E-state index is 0.0234. The number of aromatic nitrogens is 1. The van der Waals surface area contributed by atoms with E-state index in [-0.39, 0.29) is 11.8 Å². The second kappa shape index (κ2) is 7.89. The molecule has 0 bridgehead atoms. The summed E-state index contributed by atoms with van der Waals surface area (Å²) in [5.74, 6) is 2.78.